The maximum absolute atomic E-state index is 12.6. The Kier molecular flexibility index (Phi) is 5.80. The molecule has 26 heavy (non-hydrogen) atoms. The molecule has 1 aliphatic heterocycles. The maximum atomic E-state index is 12.6. The summed E-state index contributed by atoms with van der Waals surface area (Å²) in [5.74, 6) is 0. The second kappa shape index (κ2) is 7.75. The van der Waals surface area contributed by atoms with Crippen molar-refractivity contribution >= 4 is 31.4 Å². The molecule has 0 unspecified atom stereocenters. The number of nitrogens with zero attached hydrogens (tertiary/aromatic N) is 1. The molecule has 1 atom stereocenters. The van der Waals surface area contributed by atoms with Crippen molar-refractivity contribution in [3.8, 4) is 0 Å². The number of hydrogen-bond donors (Lipinski definition) is 1. The van der Waals surface area contributed by atoms with Crippen molar-refractivity contribution < 1.29 is 21.6 Å². The van der Waals surface area contributed by atoms with Gasteiger partial charge in [-0.25, -0.2) is 21.6 Å². The van der Waals surface area contributed by atoms with Crippen molar-refractivity contribution in [1.82, 2.24) is 9.03 Å². The van der Waals surface area contributed by atoms with Crippen LogP contribution in [0, 0.1) is 0 Å². The van der Waals surface area contributed by atoms with E-state index in [-0.39, 0.29) is 15.8 Å². The lowest BCUT2D eigenvalue weighted by Crippen LogP contribution is -2.40. The molecule has 1 N–H and O–H groups in total. The average molecular weight is 417 g/mol. The Labute approximate surface area is 157 Å². The van der Waals surface area contributed by atoms with Crippen LogP contribution in [0.3, 0.4) is 0 Å². The molecule has 10 heteroatoms. The van der Waals surface area contributed by atoms with E-state index in [1.165, 1.54) is 39.9 Å². The fourth-order valence-electron chi connectivity index (χ4n) is 2.62. The Bertz CT molecular complexity index is 932. The largest absolute Gasteiger partial charge is 0.379 e. The first-order valence-electron chi connectivity index (χ1n) is 8.04. The lowest BCUT2D eigenvalue weighted by molar-refractivity contribution is 0.0730. The summed E-state index contributed by atoms with van der Waals surface area (Å²) in [6, 6.07) is 8.64. The Morgan fingerprint density at radius 2 is 1.65 bits per heavy atom. The fourth-order valence-corrected chi connectivity index (χ4v) is 6.06. The van der Waals surface area contributed by atoms with E-state index in [9.17, 15) is 16.8 Å². The molecule has 1 aromatic carbocycles. The van der Waals surface area contributed by atoms with Crippen molar-refractivity contribution in [1.29, 1.82) is 0 Å². The van der Waals surface area contributed by atoms with E-state index < -0.39 is 20.0 Å². The molecule has 0 amide bonds. The standard InChI is InChI=1S/C16H20N2O5S3/c1-13(16-3-2-12-24-16)17-25(19,20)14-4-6-15(7-5-14)26(21,22)18-8-10-23-11-9-18/h2-7,12-13,17H,8-11H2,1H3/t13-/m1/s1. The van der Waals surface area contributed by atoms with Crippen LogP contribution in [0.4, 0.5) is 0 Å². The molecule has 1 aromatic heterocycles. The lowest BCUT2D eigenvalue weighted by atomic mass is 10.3. The molecule has 0 radical (unpaired) electrons. The van der Waals surface area contributed by atoms with Gasteiger partial charge in [-0.1, -0.05) is 6.07 Å². The van der Waals surface area contributed by atoms with Gasteiger partial charge in [0, 0.05) is 18.0 Å². The Hall–Kier alpha value is -1.30. The van der Waals surface area contributed by atoms with Gasteiger partial charge < -0.3 is 4.74 Å². The first-order valence-corrected chi connectivity index (χ1v) is 11.8. The normalized spacial score (nSPS) is 17.9. The van der Waals surface area contributed by atoms with Crippen LogP contribution in [0.25, 0.3) is 0 Å². The predicted octanol–water partition coefficient (Wildman–Crippen LogP) is 1.81. The van der Waals surface area contributed by atoms with E-state index >= 15 is 0 Å². The van der Waals surface area contributed by atoms with Gasteiger partial charge in [0.1, 0.15) is 0 Å². The molecular formula is C16H20N2O5S3. The second-order valence-corrected chi connectivity index (χ2v) is 10.5. The van der Waals surface area contributed by atoms with Crippen LogP contribution in [0.2, 0.25) is 0 Å². The van der Waals surface area contributed by atoms with Gasteiger partial charge in [-0.3, -0.25) is 0 Å². The summed E-state index contributed by atoms with van der Waals surface area (Å²) in [6.45, 7) is 3.07. The number of benzene rings is 1. The van der Waals surface area contributed by atoms with Gasteiger partial charge in [0.15, 0.2) is 0 Å². The van der Waals surface area contributed by atoms with Gasteiger partial charge in [0.05, 0.1) is 29.0 Å². The minimum atomic E-state index is -3.74. The molecule has 7 nitrogen and oxygen atoms in total. The van der Waals surface area contributed by atoms with Crippen LogP contribution in [-0.2, 0) is 24.8 Å². The van der Waals surface area contributed by atoms with Crippen LogP contribution in [-0.4, -0.2) is 47.4 Å². The first-order chi connectivity index (χ1) is 12.3. The highest BCUT2D eigenvalue weighted by Crippen LogP contribution is 2.23. The smallest absolute Gasteiger partial charge is 0.243 e. The van der Waals surface area contributed by atoms with Crippen LogP contribution < -0.4 is 4.72 Å². The Morgan fingerprint density at radius 3 is 2.23 bits per heavy atom. The zero-order valence-corrected chi connectivity index (χ0v) is 16.6. The summed E-state index contributed by atoms with van der Waals surface area (Å²) < 4.78 is 59.3. The highest BCUT2D eigenvalue weighted by atomic mass is 32.2. The quantitative estimate of drug-likeness (QED) is 0.775. The zero-order chi connectivity index (χ0) is 18.8. The SMILES string of the molecule is C[C@@H](NS(=O)(=O)c1ccc(S(=O)(=O)N2CCOCC2)cc1)c1cccs1. The second-order valence-electron chi connectivity index (χ2n) is 5.85. The van der Waals surface area contributed by atoms with E-state index in [0.717, 1.165) is 4.88 Å². The highest BCUT2D eigenvalue weighted by molar-refractivity contribution is 7.89. The maximum Gasteiger partial charge on any atom is 0.243 e. The van der Waals surface area contributed by atoms with Gasteiger partial charge in [0.2, 0.25) is 20.0 Å². The molecule has 2 aromatic rings. The molecule has 1 saturated heterocycles. The average Bonchev–Trinajstić information content (AvgIpc) is 3.17. The predicted molar refractivity (Wildman–Crippen MR) is 99.1 cm³/mol. The molecular weight excluding hydrogens is 396 g/mol. The lowest BCUT2D eigenvalue weighted by Gasteiger charge is -2.26. The number of nitrogens with one attached hydrogen (secondary N) is 1. The minimum absolute atomic E-state index is 0.0295. The topological polar surface area (TPSA) is 92.8 Å². The zero-order valence-electron chi connectivity index (χ0n) is 14.2. The van der Waals surface area contributed by atoms with Gasteiger partial charge in [-0.05, 0) is 42.6 Å². The summed E-state index contributed by atoms with van der Waals surface area (Å²) in [4.78, 5) is 1.01. The van der Waals surface area contributed by atoms with Crippen molar-refractivity contribution in [3.63, 3.8) is 0 Å². The Balaban J connectivity index is 1.78. The molecule has 3 rings (SSSR count). The van der Waals surface area contributed by atoms with Crippen LogP contribution in [0.1, 0.15) is 17.8 Å². The van der Waals surface area contributed by atoms with Crippen molar-refractivity contribution in [2.24, 2.45) is 0 Å². The van der Waals surface area contributed by atoms with Crippen LogP contribution >= 0.6 is 11.3 Å². The van der Waals surface area contributed by atoms with Crippen molar-refractivity contribution in [2.75, 3.05) is 26.3 Å². The van der Waals surface area contributed by atoms with Gasteiger partial charge in [-0.2, -0.15) is 4.31 Å². The summed E-state index contributed by atoms with van der Waals surface area (Å²) in [6.07, 6.45) is 0. The fraction of sp³-hybridized carbons (Fsp3) is 0.375. The number of morpholine rings is 1. The van der Waals surface area contributed by atoms with E-state index in [1.807, 2.05) is 17.5 Å². The molecule has 0 spiro atoms. The highest BCUT2D eigenvalue weighted by Gasteiger charge is 2.27. The van der Waals surface area contributed by atoms with E-state index in [1.54, 1.807) is 6.92 Å². The molecule has 0 aliphatic carbocycles. The molecule has 0 saturated carbocycles. The van der Waals surface area contributed by atoms with E-state index in [4.69, 9.17) is 4.74 Å². The first kappa shape index (κ1) is 19.5. The summed E-state index contributed by atoms with van der Waals surface area (Å²) in [5, 5.41) is 1.88. The third-order valence-corrected chi connectivity index (χ3v) is 8.57. The number of sulfonamides is 2. The minimum Gasteiger partial charge on any atom is -0.379 e. The monoisotopic (exact) mass is 416 g/mol. The Morgan fingerprint density at radius 1 is 1.04 bits per heavy atom. The van der Waals surface area contributed by atoms with Crippen LogP contribution in [0.5, 0.6) is 0 Å². The van der Waals surface area contributed by atoms with Crippen molar-refractivity contribution in [2.45, 2.75) is 22.8 Å². The van der Waals surface area contributed by atoms with Gasteiger partial charge in [0.25, 0.3) is 0 Å². The number of hydrogen-bond acceptors (Lipinski definition) is 6. The molecule has 1 aliphatic rings. The molecule has 2 heterocycles. The van der Waals surface area contributed by atoms with E-state index in [2.05, 4.69) is 4.72 Å². The number of rotatable bonds is 6. The third kappa shape index (κ3) is 4.16. The number of ether oxygens (including phenoxy) is 1. The van der Waals surface area contributed by atoms with Gasteiger partial charge in [-0.15, -0.1) is 11.3 Å². The van der Waals surface area contributed by atoms with Crippen molar-refractivity contribution in [3.05, 3.63) is 46.7 Å². The number of thiophene rings is 1. The van der Waals surface area contributed by atoms with E-state index in [0.29, 0.717) is 26.3 Å². The van der Waals surface area contributed by atoms with Gasteiger partial charge >= 0.3 is 0 Å². The van der Waals surface area contributed by atoms with Crippen LogP contribution in [0.15, 0.2) is 51.6 Å². The molecule has 142 valence electrons. The summed E-state index contributed by atoms with van der Waals surface area (Å²) in [5.41, 5.74) is 0. The summed E-state index contributed by atoms with van der Waals surface area (Å²) >= 11 is 1.47. The third-order valence-electron chi connectivity index (χ3n) is 4.04. The molecule has 1 fully saturated rings. The molecule has 0 bridgehead atoms. The summed E-state index contributed by atoms with van der Waals surface area (Å²) in [7, 11) is -7.39.